The first kappa shape index (κ1) is 16.3. The van der Waals surface area contributed by atoms with Crippen LogP contribution in [0.2, 0.25) is 0 Å². The molecule has 0 bridgehead atoms. The number of imide groups is 1. The highest BCUT2D eigenvalue weighted by molar-refractivity contribution is 8.04. The molecule has 2 amide bonds. The van der Waals surface area contributed by atoms with Crippen LogP contribution >= 0.6 is 23.1 Å². The van der Waals surface area contributed by atoms with Crippen molar-refractivity contribution in [2.75, 3.05) is 25.5 Å². The highest BCUT2D eigenvalue weighted by Crippen LogP contribution is 2.37. The summed E-state index contributed by atoms with van der Waals surface area (Å²) in [4.78, 5) is 27.8. The number of amides is 2. The molecule has 0 aliphatic carbocycles. The van der Waals surface area contributed by atoms with Crippen molar-refractivity contribution in [1.29, 1.82) is 0 Å². The number of hydrogen-bond donors (Lipinski definition) is 0. The van der Waals surface area contributed by atoms with Crippen molar-refractivity contribution in [2.45, 2.75) is 20.3 Å². The molecule has 0 fully saturated rings. The van der Waals surface area contributed by atoms with Gasteiger partial charge in [0.1, 0.15) is 0 Å². The van der Waals surface area contributed by atoms with E-state index in [0.717, 1.165) is 10.6 Å². The number of ether oxygens (including phenoxy) is 1. The first-order valence-electron chi connectivity index (χ1n) is 7.05. The van der Waals surface area contributed by atoms with Crippen molar-refractivity contribution >= 4 is 40.5 Å². The van der Waals surface area contributed by atoms with Crippen molar-refractivity contribution in [3.05, 3.63) is 27.3 Å². The lowest BCUT2D eigenvalue weighted by atomic mass is 10.2. The highest BCUT2D eigenvalue weighted by atomic mass is 32.2. The number of carbonyl (C=O) groups is 2. The molecule has 114 valence electrons. The zero-order valence-electron chi connectivity index (χ0n) is 12.3. The van der Waals surface area contributed by atoms with E-state index in [1.165, 1.54) is 28.0 Å². The van der Waals surface area contributed by atoms with Crippen LogP contribution in [0, 0.1) is 0 Å². The van der Waals surface area contributed by atoms with Gasteiger partial charge in [0, 0.05) is 24.6 Å². The van der Waals surface area contributed by atoms with E-state index in [1.54, 1.807) is 0 Å². The van der Waals surface area contributed by atoms with Crippen LogP contribution in [-0.2, 0) is 14.3 Å². The first-order valence-corrected chi connectivity index (χ1v) is 8.92. The second-order valence-corrected chi connectivity index (χ2v) is 6.65. The zero-order chi connectivity index (χ0) is 15.2. The summed E-state index contributed by atoms with van der Waals surface area (Å²) in [6.45, 7) is 5.55. The van der Waals surface area contributed by atoms with Crippen LogP contribution in [0.5, 0.6) is 0 Å². The van der Waals surface area contributed by atoms with E-state index in [1.807, 2.05) is 31.4 Å². The number of hydrogen-bond acceptors (Lipinski definition) is 5. The molecule has 0 N–H and O–H groups in total. The molecule has 21 heavy (non-hydrogen) atoms. The number of thiophene rings is 1. The van der Waals surface area contributed by atoms with Crippen molar-refractivity contribution in [2.24, 2.45) is 0 Å². The Hall–Kier alpha value is -1.11. The average Bonchev–Trinajstić information content (AvgIpc) is 3.06. The van der Waals surface area contributed by atoms with Gasteiger partial charge in [0.25, 0.3) is 11.8 Å². The van der Waals surface area contributed by atoms with Crippen LogP contribution in [0.4, 0.5) is 0 Å². The maximum atomic E-state index is 12.6. The standard InChI is InChI=1S/C15H19NO3S2/c1-3-19-9-6-8-16-14(17)12(11-7-5-10-21-11)13(15(16)18)20-4-2/h5,7,10H,3-4,6,8-9H2,1-2H3. The third-order valence-electron chi connectivity index (χ3n) is 3.06. The van der Waals surface area contributed by atoms with Crippen LogP contribution < -0.4 is 0 Å². The molecule has 2 rings (SSSR count). The molecule has 0 atom stereocenters. The summed E-state index contributed by atoms with van der Waals surface area (Å²) in [5.41, 5.74) is 0.568. The topological polar surface area (TPSA) is 46.6 Å². The van der Waals surface area contributed by atoms with Crippen LogP contribution in [0.25, 0.3) is 5.57 Å². The largest absolute Gasteiger partial charge is 0.382 e. The Morgan fingerprint density at radius 3 is 2.71 bits per heavy atom. The molecule has 0 saturated carbocycles. The Morgan fingerprint density at radius 1 is 1.29 bits per heavy atom. The highest BCUT2D eigenvalue weighted by Gasteiger charge is 2.38. The van der Waals surface area contributed by atoms with Gasteiger partial charge in [0.2, 0.25) is 0 Å². The van der Waals surface area contributed by atoms with E-state index in [-0.39, 0.29) is 11.8 Å². The SMILES string of the molecule is CCOCCCN1C(=O)C(SCC)=C(c2cccs2)C1=O. The molecule has 2 heterocycles. The Bertz CT molecular complexity index is 537. The predicted molar refractivity (Wildman–Crippen MR) is 87.2 cm³/mol. The monoisotopic (exact) mass is 325 g/mol. The molecule has 6 heteroatoms. The van der Waals surface area contributed by atoms with Crippen molar-refractivity contribution in [3.8, 4) is 0 Å². The summed E-state index contributed by atoms with van der Waals surface area (Å²) in [5.74, 6) is 0.442. The summed E-state index contributed by atoms with van der Waals surface area (Å²) in [6, 6.07) is 3.79. The fourth-order valence-electron chi connectivity index (χ4n) is 2.14. The van der Waals surface area contributed by atoms with E-state index in [9.17, 15) is 9.59 Å². The second kappa shape index (κ2) is 7.77. The molecule has 0 saturated heterocycles. The number of carbonyl (C=O) groups excluding carboxylic acids is 2. The van der Waals surface area contributed by atoms with Gasteiger partial charge >= 0.3 is 0 Å². The Labute approximate surface area is 133 Å². The summed E-state index contributed by atoms with van der Waals surface area (Å²) < 4.78 is 5.27. The maximum Gasteiger partial charge on any atom is 0.268 e. The maximum absolute atomic E-state index is 12.6. The smallest absolute Gasteiger partial charge is 0.268 e. The Morgan fingerprint density at radius 2 is 2.10 bits per heavy atom. The van der Waals surface area contributed by atoms with Gasteiger partial charge in [-0.15, -0.1) is 23.1 Å². The quantitative estimate of drug-likeness (QED) is 0.544. The lowest BCUT2D eigenvalue weighted by Gasteiger charge is -2.14. The molecule has 1 aromatic rings. The molecule has 1 aromatic heterocycles. The van der Waals surface area contributed by atoms with Gasteiger partial charge in [-0.2, -0.15) is 0 Å². The van der Waals surface area contributed by atoms with Gasteiger partial charge in [-0.25, -0.2) is 0 Å². The van der Waals surface area contributed by atoms with Gasteiger partial charge in [-0.3, -0.25) is 14.5 Å². The number of rotatable bonds is 8. The average molecular weight is 325 g/mol. The number of nitrogens with zero attached hydrogens (tertiary/aromatic N) is 1. The molecule has 0 radical (unpaired) electrons. The van der Waals surface area contributed by atoms with Crippen molar-refractivity contribution < 1.29 is 14.3 Å². The molecule has 0 aromatic carbocycles. The summed E-state index contributed by atoms with van der Waals surface area (Å²) >= 11 is 2.94. The normalized spacial score (nSPS) is 15.4. The van der Waals surface area contributed by atoms with Crippen LogP contribution in [0.3, 0.4) is 0 Å². The van der Waals surface area contributed by atoms with E-state index >= 15 is 0 Å². The zero-order valence-corrected chi connectivity index (χ0v) is 13.9. The summed E-state index contributed by atoms with van der Waals surface area (Å²) in [5, 5.41) is 1.92. The van der Waals surface area contributed by atoms with Crippen molar-refractivity contribution in [1.82, 2.24) is 4.90 Å². The van der Waals surface area contributed by atoms with Crippen LogP contribution in [0.15, 0.2) is 22.4 Å². The first-order chi connectivity index (χ1) is 10.2. The van der Waals surface area contributed by atoms with Gasteiger partial charge in [0.05, 0.1) is 10.5 Å². The van der Waals surface area contributed by atoms with Gasteiger partial charge < -0.3 is 4.74 Å². The summed E-state index contributed by atoms with van der Waals surface area (Å²) in [6.07, 6.45) is 0.674. The van der Waals surface area contributed by atoms with Crippen LogP contribution in [0.1, 0.15) is 25.1 Å². The summed E-state index contributed by atoms with van der Waals surface area (Å²) in [7, 11) is 0. The van der Waals surface area contributed by atoms with E-state index in [2.05, 4.69) is 0 Å². The van der Waals surface area contributed by atoms with E-state index in [0.29, 0.717) is 36.7 Å². The lowest BCUT2D eigenvalue weighted by molar-refractivity contribution is -0.136. The molecular formula is C15H19NO3S2. The third-order valence-corrected chi connectivity index (χ3v) is 4.90. The minimum absolute atomic E-state index is 0.160. The molecule has 0 unspecified atom stereocenters. The third kappa shape index (κ3) is 3.56. The Kier molecular flexibility index (Phi) is 6.02. The molecule has 4 nitrogen and oxygen atoms in total. The lowest BCUT2D eigenvalue weighted by Crippen LogP contribution is -2.33. The second-order valence-electron chi connectivity index (χ2n) is 4.43. The predicted octanol–water partition coefficient (Wildman–Crippen LogP) is 3.01. The molecule has 1 aliphatic rings. The van der Waals surface area contributed by atoms with Gasteiger partial charge in [0.15, 0.2) is 0 Å². The van der Waals surface area contributed by atoms with Crippen LogP contribution in [-0.4, -0.2) is 42.2 Å². The van der Waals surface area contributed by atoms with Crippen molar-refractivity contribution in [3.63, 3.8) is 0 Å². The Balaban J connectivity index is 2.16. The minimum atomic E-state index is -0.171. The fraction of sp³-hybridized carbons (Fsp3) is 0.467. The molecule has 1 aliphatic heterocycles. The fourth-order valence-corrected chi connectivity index (χ4v) is 3.84. The molecular weight excluding hydrogens is 306 g/mol. The minimum Gasteiger partial charge on any atom is -0.382 e. The van der Waals surface area contributed by atoms with Gasteiger partial charge in [-0.1, -0.05) is 13.0 Å². The molecule has 0 spiro atoms. The number of thioether (sulfide) groups is 1. The van der Waals surface area contributed by atoms with E-state index in [4.69, 9.17) is 4.74 Å². The van der Waals surface area contributed by atoms with E-state index < -0.39 is 0 Å². The van der Waals surface area contributed by atoms with Gasteiger partial charge in [-0.05, 0) is 30.5 Å².